The lowest BCUT2D eigenvalue weighted by Gasteiger charge is -2.40. The van der Waals surface area contributed by atoms with Crippen molar-refractivity contribution in [3.63, 3.8) is 0 Å². The van der Waals surface area contributed by atoms with Crippen molar-refractivity contribution in [1.29, 1.82) is 0 Å². The minimum absolute atomic E-state index is 0.118. The first kappa shape index (κ1) is 14.8. The van der Waals surface area contributed by atoms with E-state index < -0.39 is 0 Å². The number of hydrogen-bond donors (Lipinski definition) is 1. The van der Waals surface area contributed by atoms with Gasteiger partial charge in [0.25, 0.3) is 0 Å². The summed E-state index contributed by atoms with van der Waals surface area (Å²) in [5, 5.41) is 3.14. The molecule has 3 nitrogen and oxygen atoms in total. The molecule has 1 heterocycles. The molecule has 110 valence electrons. The highest BCUT2D eigenvalue weighted by Gasteiger charge is 2.33. The van der Waals surface area contributed by atoms with Crippen LogP contribution < -0.4 is 5.32 Å². The Morgan fingerprint density at radius 1 is 1.21 bits per heavy atom. The number of carbonyl (C=O) groups excluding carboxylic acids is 1. The van der Waals surface area contributed by atoms with Crippen LogP contribution in [0.5, 0.6) is 0 Å². The fourth-order valence-corrected chi connectivity index (χ4v) is 3.52. The molecular formula is C16H30N2O. The maximum atomic E-state index is 11.3. The Balaban J connectivity index is 1.91. The minimum Gasteiger partial charge on any atom is -0.352 e. The Bertz CT molecular complexity index is 317. The van der Waals surface area contributed by atoms with Crippen molar-refractivity contribution in [2.45, 2.75) is 59.4 Å². The summed E-state index contributed by atoms with van der Waals surface area (Å²) in [6.07, 6.45) is 5.22. The second-order valence-corrected chi connectivity index (χ2v) is 7.93. The molecule has 2 rings (SSSR count). The number of piperidine rings is 1. The van der Waals surface area contributed by atoms with E-state index in [2.05, 4.69) is 31.0 Å². The largest absolute Gasteiger partial charge is 0.352 e. The molecule has 2 atom stereocenters. The van der Waals surface area contributed by atoms with Crippen LogP contribution in [0.1, 0.15) is 53.4 Å². The van der Waals surface area contributed by atoms with Crippen LogP contribution in [0.2, 0.25) is 0 Å². The van der Waals surface area contributed by atoms with Gasteiger partial charge in [0.2, 0.25) is 5.91 Å². The van der Waals surface area contributed by atoms with E-state index in [1.54, 1.807) is 6.92 Å². The van der Waals surface area contributed by atoms with Gasteiger partial charge < -0.3 is 10.2 Å². The normalized spacial score (nSPS) is 29.3. The topological polar surface area (TPSA) is 32.3 Å². The van der Waals surface area contributed by atoms with Crippen LogP contribution in [0.15, 0.2) is 0 Å². The van der Waals surface area contributed by atoms with Gasteiger partial charge in [0.05, 0.1) is 0 Å². The maximum absolute atomic E-state index is 11.3. The van der Waals surface area contributed by atoms with Crippen molar-refractivity contribution in [3.05, 3.63) is 0 Å². The van der Waals surface area contributed by atoms with Gasteiger partial charge in [0, 0.05) is 32.6 Å². The van der Waals surface area contributed by atoms with Crippen LogP contribution in [0.25, 0.3) is 0 Å². The molecule has 1 aliphatic carbocycles. The quantitative estimate of drug-likeness (QED) is 0.848. The molecule has 0 bridgehead atoms. The number of hydrogen-bond acceptors (Lipinski definition) is 2. The summed E-state index contributed by atoms with van der Waals surface area (Å²) < 4.78 is 0. The number of nitrogens with one attached hydrogen (secondary N) is 1. The van der Waals surface area contributed by atoms with Crippen LogP contribution in [0, 0.1) is 17.3 Å². The monoisotopic (exact) mass is 266 g/mol. The lowest BCUT2D eigenvalue weighted by atomic mass is 9.80. The molecule has 1 N–H and O–H groups in total. The summed E-state index contributed by atoms with van der Waals surface area (Å²) in [7, 11) is 0. The molecule has 0 spiro atoms. The summed E-state index contributed by atoms with van der Waals surface area (Å²) in [5.41, 5.74) is 0.383. The third-order valence-electron chi connectivity index (χ3n) is 4.13. The zero-order valence-corrected chi connectivity index (χ0v) is 13.0. The highest BCUT2D eigenvalue weighted by Crippen LogP contribution is 2.34. The minimum atomic E-state index is 0.118. The van der Waals surface area contributed by atoms with Crippen molar-refractivity contribution < 1.29 is 4.79 Å². The van der Waals surface area contributed by atoms with Gasteiger partial charge in [-0.2, -0.15) is 0 Å². The lowest BCUT2D eigenvalue weighted by Crippen LogP contribution is -2.51. The van der Waals surface area contributed by atoms with Gasteiger partial charge in [-0.15, -0.1) is 0 Å². The second kappa shape index (κ2) is 5.82. The van der Waals surface area contributed by atoms with E-state index in [0.717, 1.165) is 24.8 Å². The summed E-state index contributed by atoms with van der Waals surface area (Å²) in [4.78, 5) is 13.9. The highest BCUT2D eigenvalue weighted by molar-refractivity contribution is 5.73. The molecule has 0 radical (unpaired) electrons. The first-order valence-electron chi connectivity index (χ1n) is 7.81. The van der Waals surface area contributed by atoms with Crippen LogP contribution in [0.3, 0.4) is 0 Å². The van der Waals surface area contributed by atoms with Gasteiger partial charge in [-0.25, -0.2) is 0 Å². The summed E-state index contributed by atoms with van der Waals surface area (Å²) in [6.45, 7) is 12.1. The van der Waals surface area contributed by atoms with Crippen molar-refractivity contribution in [3.8, 4) is 0 Å². The summed E-state index contributed by atoms with van der Waals surface area (Å²) in [6, 6.07) is 0.359. The standard InChI is InChI=1S/C16H30N2O/c1-12(19)17-15-7-14(8-16(2,3)4)10-18(11-15)9-13-5-6-13/h13-15H,5-11H2,1-4H3,(H,17,19). The van der Waals surface area contributed by atoms with Crippen LogP contribution >= 0.6 is 0 Å². The third-order valence-corrected chi connectivity index (χ3v) is 4.13. The van der Waals surface area contributed by atoms with Crippen molar-refractivity contribution in [2.75, 3.05) is 19.6 Å². The Hall–Kier alpha value is -0.570. The first-order chi connectivity index (χ1) is 8.82. The predicted octanol–water partition coefficient (Wildman–Crippen LogP) is 2.66. The van der Waals surface area contributed by atoms with E-state index in [-0.39, 0.29) is 5.91 Å². The molecule has 0 aromatic heterocycles. The van der Waals surface area contributed by atoms with Crippen molar-refractivity contribution in [2.24, 2.45) is 17.3 Å². The number of carbonyl (C=O) groups is 1. The molecule has 1 aliphatic heterocycles. The van der Waals surface area contributed by atoms with Crippen molar-refractivity contribution >= 4 is 5.91 Å². The Morgan fingerprint density at radius 3 is 2.42 bits per heavy atom. The van der Waals surface area contributed by atoms with E-state index in [4.69, 9.17) is 0 Å². The number of amides is 1. The van der Waals surface area contributed by atoms with E-state index >= 15 is 0 Å². The SMILES string of the molecule is CC(=O)NC1CC(CC(C)(C)C)CN(CC2CC2)C1. The Morgan fingerprint density at radius 2 is 1.89 bits per heavy atom. The van der Waals surface area contributed by atoms with Gasteiger partial charge >= 0.3 is 0 Å². The van der Waals surface area contributed by atoms with E-state index in [1.807, 2.05) is 0 Å². The number of rotatable bonds is 4. The third kappa shape index (κ3) is 5.52. The first-order valence-corrected chi connectivity index (χ1v) is 7.81. The van der Waals surface area contributed by atoms with Gasteiger partial charge in [-0.05, 0) is 42.9 Å². The van der Waals surface area contributed by atoms with Gasteiger partial charge in [0.1, 0.15) is 0 Å². The summed E-state index contributed by atoms with van der Waals surface area (Å²) >= 11 is 0. The zero-order valence-electron chi connectivity index (χ0n) is 13.0. The number of nitrogens with zero attached hydrogens (tertiary/aromatic N) is 1. The van der Waals surface area contributed by atoms with Gasteiger partial charge in [0.15, 0.2) is 0 Å². The highest BCUT2D eigenvalue weighted by atomic mass is 16.1. The molecular weight excluding hydrogens is 236 g/mol. The van der Waals surface area contributed by atoms with Crippen LogP contribution in [0.4, 0.5) is 0 Å². The molecule has 2 unspecified atom stereocenters. The van der Waals surface area contributed by atoms with E-state index in [9.17, 15) is 4.79 Å². The molecule has 19 heavy (non-hydrogen) atoms. The fourth-order valence-electron chi connectivity index (χ4n) is 3.52. The van der Waals surface area contributed by atoms with Crippen molar-refractivity contribution in [1.82, 2.24) is 10.2 Å². The average molecular weight is 266 g/mol. The average Bonchev–Trinajstić information content (AvgIpc) is 2.96. The zero-order chi connectivity index (χ0) is 14.0. The summed E-state index contributed by atoms with van der Waals surface area (Å²) in [5.74, 6) is 1.78. The molecule has 0 aromatic carbocycles. The predicted molar refractivity (Wildman–Crippen MR) is 78.9 cm³/mol. The molecule has 2 fully saturated rings. The molecule has 3 heteroatoms. The molecule has 2 aliphatic rings. The fraction of sp³-hybridized carbons (Fsp3) is 0.938. The van der Waals surface area contributed by atoms with Crippen LogP contribution in [-0.2, 0) is 4.79 Å². The molecule has 1 saturated heterocycles. The van der Waals surface area contributed by atoms with Gasteiger partial charge in [-0.3, -0.25) is 4.79 Å². The van der Waals surface area contributed by atoms with E-state index in [1.165, 1.54) is 32.4 Å². The maximum Gasteiger partial charge on any atom is 0.217 e. The Labute approximate surface area is 118 Å². The second-order valence-electron chi connectivity index (χ2n) is 7.93. The lowest BCUT2D eigenvalue weighted by molar-refractivity contribution is -0.120. The molecule has 0 aromatic rings. The van der Waals surface area contributed by atoms with Crippen LogP contribution in [-0.4, -0.2) is 36.5 Å². The number of likely N-dealkylation sites (tertiary alicyclic amines) is 1. The smallest absolute Gasteiger partial charge is 0.217 e. The van der Waals surface area contributed by atoms with E-state index in [0.29, 0.717) is 11.5 Å². The van der Waals surface area contributed by atoms with Gasteiger partial charge in [-0.1, -0.05) is 20.8 Å². The molecule has 1 saturated carbocycles. The Kier molecular flexibility index (Phi) is 4.54. The molecule has 1 amide bonds.